The maximum Gasteiger partial charge on any atom is 0.331 e. The summed E-state index contributed by atoms with van der Waals surface area (Å²) in [4.78, 5) is 24.4. The van der Waals surface area contributed by atoms with Crippen LogP contribution in [0, 0.1) is 11.3 Å². The summed E-state index contributed by atoms with van der Waals surface area (Å²) in [5, 5.41) is 8.48. The number of benzene rings is 2. The Labute approximate surface area is 165 Å². The van der Waals surface area contributed by atoms with E-state index in [1.165, 1.54) is 6.08 Å². The molecule has 0 aromatic heterocycles. The zero-order chi connectivity index (χ0) is 20.4. The lowest BCUT2D eigenvalue weighted by Crippen LogP contribution is -2.14. The Morgan fingerprint density at radius 1 is 1.07 bits per heavy atom. The molecule has 28 heavy (non-hydrogen) atoms. The molecule has 5 heteroatoms. The third-order valence-electron chi connectivity index (χ3n) is 4.20. The molecule has 5 nitrogen and oxygen atoms in total. The molecule has 2 aromatic rings. The van der Waals surface area contributed by atoms with E-state index in [2.05, 4.69) is 0 Å². The lowest BCUT2D eigenvalue weighted by atomic mass is 9.98. The van der Waals surface area contributed by atoms with Gasteiger partial charge in [-0.1, -0.05) is 38.1 Å². The number of Topliss-reactive ketones (excluding diaryl/α,β-unsaturated/α-hetero) is 1. The predicted octanol–water partition coefficient (Wildman–Crippen LogP) is 4.15. The van der Waals surface area contributed by atoms with Crippen LogP contribution in [-0.2, 0) is 22.4 Å². The van der Waals surface area contributed by atoms with E-state index in [-0.39, 0.29) is 19.0 Å². The van der Waals surface area contributed by atoms with Gasteiger partial charge in [0.05, 0.1) is 0 Å². The summed E-state index contributed by atoms with van der Waals surface area (Å²) in [7, 11) is 0. The molecule has 2 rings (SSSR count). The second-order valence-corrected chi connectivity index (χ2v) is 6.08. The van der Waals surface area contributed by atoms with E-state index >= 15 is 0 Å². The van der Waals surface area contributed by atoms with Gasteiger partial charge in [-0.3, -0.25) is 4.79 Å². The van der Waals surface area contributed by atoms with Crippen molar-refractivity contribution >= 4 is 17.8 Å². The van der Waals surface area contributed by atoms with Crippen molar-refractivity contribution in [3.05, 3.63) is 70.8 Å². The second kappa shape index (κ2) is 10.7. The van der Waals surface area contributed by atoms with Crippen molar-refractivity contribution in [2.45, 2.75) is 26.7 Å². The highest BCUT2D eigenvalue weighted by Gasteiger charge is 2.13. The molecule has 0 bridgehead atoms. The van der Waals surface area contributed by atoms with Crippen LogP contribution in [0.3, 0.4) is 0 Å². The Balaban J connectivity index is 1.92. The second-order valence-electron chi connectivity index (χ2n) is 6.08. The number of esters is 1. The van der Waals surface area contributed by atoms with Crippen LogP contribution in [0.15, 0.2) is 48.5 Å². The lowest BCUT2D eigenvalue weighted by Gasteiger charge is -2.09. The minimum absolute atomic E-state index is 0.0174. The van der Waals surface area contributed by atoms with Crippen molar-refractivity contribution < 1.29 is 19.1 Å². The number of aryl methyl sites for hydroxylation is 2. The number of carbonyl (C=O) groups excluding carboxylic acids is 2. The number of nitriles is 1. The average molecular weight is 377 g/mol. The van der Waals surface area contributed by atoms with Crippen LogP contribution in [-0.4, -0.2) is 25.0 Å². The van der Waals surface area contributed by atoms with Crippen molar-refractivity contribution in [2.24, 2.45) is 0 Å². The molecule has 0 saturated carbocycles. The Kier molecular flexibility index (Phi) is 7.98. The smallest absolute Gasteiger partial charge is 0.331 e. The highest BCUT2D eigenvalue weighted by atomic mass is 16.5. The summed E-state index contributed by atoms with van der Waals surface area (Å²) in [5.41, 5.74) is 3.42. The van der Waals surface area contributed by atoms with Crippen LogP contribution in [0.4, 0.5) is 0 Å². The third-order valence-corrected chi connectivity index (χ3v) is 4.20. The molecular weight excluding hydrogens is 354 g/mol. The van der Waals surface area contributed by atoms with Gasteiger partial charge in [0.2, 0.25) is 5.78 Å². The van der Waals surface area contributed by atoms with Gasteiger partial charge in [0.15, 0.2) is 13.2 Å². The average Bonchev–Trinajstić information content (AvgIpc) is 2.74. The van der Waals surface area contributed by atoms with E-state index in [1.807, 2.05) is 38.1 Å². The standard InChI is InChI=1S/C23H23NO4/c1-3-17-5-9-19(4-2)21(15-17)22(25)16-28-23(26)12-8-18-6-10-20(11-7-18)27-14-13-24/h5-12,15H,3-4,14,16H2,1-2H3/b12-8+. The molecule has 0 aliphatic carbocycles. The molecule has 0 aliphatic heterocycles. The van der Waals surface area contributed by atoms with Gasteiger partial charge < -0.3 is 9.47 Å². The lowest BCUT2D eigenvalue weighted by molar-refractivity contribution is -0.136. The highest BCUT2D eigenvalue weighted by molar-refractivity contribution is 6.00. The summed E-state index contributed by atoms with van der Waals surface area (Å²) < 4.78 is 10.3. The van der Waals surface area contributed by atoms with Crippen LogP contribution < -0.4 is 4.74 Å². The molecule has 0 N–H and O–H groups in total. The molecule has 0 spiro atoms. The SMILES string of the molecule is CCc1ccc(CC)c(C(=O)COC(=O)/C=C/c2ccc(OCC#N)cc2)c1. The van der Waals surface area contributed by atoms with Crippen LogP contribution in [0.5, 0.6) is 5.75 Å². The van der Waals surface area contributed by atoms with Gasteiger partial charge in [-0.05, 0) is 53.8 Å². The van der Waals surface area contributed by atoms with Gasteiger partial charge in [0, 0.05) is 11.6 Å². The van der Waals surface area contributed by atoms with E-state index in [9.17, 15) is 9.59 Å². The first-order valence-corrected chi connectivity index (χ1v) is 9.17. The van der Waals surface area contributed by atoms with Gasteiger partial charge in [-0.2, -0.15) is 5.26 Å². The predicted molar refractivity (Wildman–Crippen MR) is 107 cm³/mol. The molecule has 144 valence electrons. The molecule has 0 fully saturated rings. The fourth-order valence-electron chi connectivity index (χ4n) is 2.63. The summed E-state index contributed by atoms with van der Waals surface area (Å²) in [6.07, 6.45) is 4.46. The first-order valence-electron chi connectivity index (χ1n) is 9.17. The van der Waals surface area contributed by atoms with Gasteiger partial charge >= 0.3 is 5.97 Å². The van der Waals surface area contributed by atoms with Crippen LogP contribution in [0.1, 0.15) is 40.9 Å². The topological polar surface area (TPSA) is 76.4 Å². The Hall–Kier alpha value is -3.39. The minimum atomic E-state index is -0.581. The number of nitrogens with zero attached hydrogens (tertiary/aromatic N) is 1. The summed E-state index contributed by atoms with van der Waals surface area (Å²) in [6, 6.07) is 14.7. The van der Waals surface area contributed by atoms with E-state index in [1.54, 1.807) is 30.3 Å². The normalized spacial score (nSPS) is 10.5. The van der Waals surface area contributed by atoms with Gasteiger partial charge in [0.1, 0.15) is 11.8 Å². The quantitative estimate of drug-likeness (QED) is 0.373. The third kappa shape index (κ3) is 6.10. The van der Waals surface area contributed by atoms with Crippen molar-refractivity contribution in [3.63, 3.8) is 0 Å². The Bertz CT molecular complexity index is 892. The van der Waals surface area contributed by atoms with Crippen LogP contribution >= 0.6 is 0 Å². The van der Waals surface area contributed by atoms with E-state index in [4.69, 9.17) is 14.7 Å². The zero-order valence-corrected chi connectivity index (χ0v) is 16.1. The minimum Gasteiger partial charge on any atom is -0.479 e. The molecular formula is C23H23NO4. The summed E-state index contributed by atoms with van der Waals surface area (Å²) >= 11 is 0. The van der Waals surface area contributed by atoms with E-state index in [0.29, 0.717) is 11.3 Å². The molecule has 2 aromatic carbocycles. The van der Waals surface area contributed by atoms with Crippen LogP contribution in [0.2, 0.25) is 0 Å². The summed E-state index contributed by atoms with van der Waals surface area (Å²) in [5.74, 6) is -0.205. The number of hydrogen-bond acceptors (Lipinski definition) is 5. The molecule has 0 unspecified atom stereocenters. The van der Waals surface area contributed by atoms with Gasteiger partial charge in [-0.15, -0.1) is 0 Å². The van der Waals surface area contributed by atoms with E-state index < -0.39 is 5.97 Å². The number of rotatable bonds is 9. The van der Waals surface area contributed by atoms with Crippen LogP contribution in [0.25, 0.3) is 6.08 Å². The number of hydrogen-bond donors (Lipinski definition) is 0. The molecule has 0 aliphatic rings. The van der Waals surface area contributed by atoms with Crippen molar-refractivity contribution in [3.8, 4) is 11.8 Å². The molecule has 0 amide bonds. The Morgan fingerprint density at radius 3 is 2.46 bits per heavy atom. The number of ether oxygens (including phenoxy) is 2. The first kappa shape index (κ1) is 20.9. The molecule has 0 atom stereocenters. The Morgan fingerprint density at radius 2 is 1.82 bits per heavy atom. The zero-order valence-electron chi connectivity index (χ0n) is 16.1. The molecule has 0 saturated heterocycles. The molecule has 0 heterocycles. The van der Waals surface area contributed by atoms with Crippen molar-refractivity contribution in [1.82, 2.24) is 0 Å². The number of ketones is 1. The highest BCUT2D eigenvalue weighted by Crippen LogP contribution is 2.15. The fraction of sp³-hybridized carbons (Fsp3) is 0.261. The van der Waals surface area contributed by atoms with Crippen molar-refractivity contribution in [1.29, 1.82) is 5.26 Å². The van der Waals surface area contributed by atoms with Gasteiger partial charge in [0.25, 0.3) is 0 Å². The van der Waals surface area contributed by atoms with Gasteiger partial charge in [-0.25, -0.2) is 4.79 Å². The largest absolute Gasteiger partial charge is 0.479 e. The van der Waals surface area contributed by atoms with E-state index in [0.717, 1.165) is 29.5 Å². The maximum absolute atomic E-state index is 12.5. The first-order chi connectivity index (χ1) is 13.6. The fourth-order valence-corrected chi connectivity index (χ4v) is 2.63. The summed E-state index contributed by atoms with van der Waals surface area (Å²) in [6.45, 7) is 3.71. The monoisotopic (exact) mass is 377 g/mol. The maximum atomic E-state index is 12.5. The molecule has 0 radical (unpaired) electrons. The number of carbonyl (C=O) groups is 2. The van der Waals surface area contributed by atoms with Crippen molar-refractivity contribution in [2.75, 3.05) is 13.2 Å².